The first-order chi connectivity index (χ1) is 10.5. The summed E-state index contributed by atoms with van der Waals surface area (Å²) in [6, 6.07) is 2.17. The summed E-state index contributed by atoms with van der Waals surface area (Å²) < 4.78 is 5.88. The molecule has 0 amide bonds. The standard InChI is InChI=1S/C19H33NO2/c1-6-8-22-18-9-13(3)19(15(5)14(18)4)17(7-2)10-16(11-20)12-21/h9,16-17,21H,6-8,10-12,20H2,1-5H3. The van der Waals surface area contributed by atoms with Gasteiger partial charge in [0.2, 0.25) is 0 Å². The summed E-state index contributed by atoms with van der Waals surface area (Å²) in [6.07, 6.45) is 3.03. The second-order valence-electron chi connectivity index (χ2n) is 6.33. The van der Waals surface area contributed by atoms with Crippen molar-refractivity contribution in [2.45, 2.75) is 59.8 Å². The molecule has 3 heteroatoms. The molecule has 2 atom stereocenters. The van der Waals surface area contributed by atoms with Crippen molar-refractivity contribution in [3.8, 4) is 5.75 Å². The van der Waals surface area contributed by atoms with Crippen LogP contribution in [0.4, 0.5) is 0 Å². The van der Waals surface area contributed by atoms with Crippen LogP contribution in [0.3, 0.4) is 0 Å². The predicted molar refractivity (Wildman–Crippen MR) is 93.7 cm³/mol. The van der Waals surface area contributed by atoms with Crippen molar-refractivity contribution in [1.82, 2.24) is 0 Å². The maximum Gasteiger partial charge on any atom is 0.122 e. The van der Waals surface area contributed by atoms with Crippen LogP contribution in [0, 0.1) is 26.7 Å². The van der Waals surface area contributed by atoms with E-state index in [0.29, 0.717) is 12.5 Å². The first-order valence-corrected chi connectivity index (χ1v) is 8.54. The molecule has 1 aromatic carbocycles. The van der Waals surface area contributed by atoms with Gasteiger partial charge >= 0.3 is 0 Å². The van der Waals surface area contributed by atoms with Crippen molar-refractivity contribution in [1.29, 1.82) is 0 Å². The number of aryl methyl sites for hydroxylation is 1. The van der Waals surface area contributed by atoms with Crippen LogP contribution in [0.2, 0.25) is 0 Å². The highest BCUT2D eigenvalue weighted by atomic mass is 16.5. The van der Waals surface area contributed by atoms with Gasteiger partial charge in [0.25, 0.3) is 0 Å². The van der Waals surface area contributed by atoms with E-state index in [-0.39, 0.29) is 12.5 Å². The average Bonchev–Trinajstić information content (AvgIpc) is 2.52. The molecule has 0 bridgehead atoms. The third-order valence-corrected chi connectivity index (χ3v) is 4.68. The quantitative estimate of drug-likeness (QED) is 0.728. The summed E-state index contributed by atoms with van der Waals surface area (Å²) in [5.41, 5.74) is 11.0. The molecular formula is C19H33NO2. The summed E-state index contributed by atoms with van der Waals surface area (Å²) in [5.74, 6) is 1.63. The fourth-order valence-corrected chi connectivity index (χ4v) is 3.19. The number of rotatable bonds is 9. The van der Waals surface area contributed by atoms with E-state index in [1.165, 1.54) is 22.3 Å². The number of hydrogen-bond donors (Lipinski definition) is 2. The molecule has 0 radical (unpaired) electrons. The fraction of sp³-hybridized carbons (Fsp3) is 0.684. The molecule has 0 aliphatic carbocycles. The van der Waals surface area contributed by atoms with Crippen LogP contribution in [-0.2, 0) is 0 Å². The Morgan fingerprint density at radius 3 is 2.36 bits per heavy atom. The lowest BCUT2D eigenvalue weighted by atomic mass is 9.81. The van der Waals surface area contributed by atoms with E-state index in [9.17, 15) is 5.11 Å². The largest absolute Gasteiger partial charge is 0.493 e. The molecule has 126 valence electrons. The van der Waals surface area contributed by atoms with E-state index in [1.807, 2.05) is 0 Å². The van der Waals surface area contributed by atoms with E-state index < -0.39 is 0 Å². The van der Waals surface area contributed by atoms with Crippen molar-refractivity contribution in [2.75, 3.05) is 19.8 Å². The summed E-state index contributed by atoms with van der Waals surface area (Å²) >= 11 is 0. The number of benzene rings is 1. The Morgan fingerprint density at radius 2 is 1.86 bits per heavy atom. The van der Waals surface area contributed by atoms with E-state index in [2.05, 4.69) is 40.7 Å². The van der Waals surface area contributed by atoms with E-state index in [1.54, 1.807) is 0 Å². The van der Waals surface area contributed by atoms with Gasteiger partial charge in [-0.25, -0.2) is 0 Å². The third kappa shape index (κ3) is 4.47. The van der Waals surface area contributed by atoms with Gasteiger partial charge < -0.3 is 15.6 Å². The molecule has 0 aromatic heterocycles. The van der Waals surface area contributed by atoms with E-state index in [0.717, 1.165) is 31.6 Å². The fourth-order valence-electron chi connectivity index (χ4n) is 3.19. The minimum absolute atomic E-state index is 0.168. The Bertz CT molecular complexity index is 467. The molecule has 0 aliphatic rings. The molecule has 22 heavy (non-hydrogen) atoms. The van der Waals surface area contributed by atoms with Gasteiger partial charge in [0, 0.05) is 6.61 Å². The number of ether oxygens (including phenoxy) is 1. The molecule has 0 heterocycles. The summed E-state index contributed by atoms with van der Waals surface area (Å²) in [6.45, 7) is 12.3. The highest BCUT2D eigenvalue weighted by molar-refractivity contribution is 5.49. The molecule has 0 fully saturated rings. The Kier molecular flexibility index (Phi) is 7.91. The minimum atomic E-state index is 0.168. The maximum absolute atomic E-state index is 9.45. The lowest BCUT2D eigenvalue weighted by Crippen LogP contribution is -2.21. The lowest BCUT2D eigenvalue weighted by Gasteiger charge is -2.26. The second-order valence-corrected chi connectivity index (χ2v) is 6.33. The van der Waals surface area contributed by atoms with Gasteiger partial charge in [0.1, 0.15) is 5.75 Å². The smallest absolute Gasteiger partial charge is 0.122 e. The topological polar surface area (TPSA) is 55.5 Å². The lowest BCUT2D eigenvalue weighted by molar-refractivity contribution is 0.214. The molecular weight excluding hydrogens is 274 g/mol. The first kappa shape index (κ1) is 19.0. The molecule has 3 N–H and O–H groups in total. The Balaban J connectivity index is 3.14. The number of nitrogens with two attached hydrogens (primary N) is 1. The van der Waals surface area contributed by atoms with Crippen molar-refractivity contribution < 1.29 is 9.84 Å². The van der Waals surface area contributed by atoms with Crippen molar-refractivity contribution in [2.24, 2.45) is 11.7 Å². The SMILES string of the molecule is CCCOc1cc(C)c(C(CC)CC(CN)CO)c(C)c1C. The van der Waals surface area contributed by atoms with E-state index in [4.69, 9.17) is 10.5 Å². The van der Waals surface area contributed by atoms with Crippen molar-refractivity contribution in [3.05, 3.63) is 28.3 Å². The van der Waals surface area contributed by atoms with Gasteiger partial charge in [-0.2, -0.15) is 0 Å². The van der Waals surface area contributed by atoms with Crippen LogP contribution in [0.15, 0.2) is 6.07 Å². The molecule has 0 saturated carbocycles. The molecule has 3 nitrogen and oxygen atoms in total. The highest BCUT2D eigenvalue weighted by Crippen LogP contribution is 2.36. The van der Waals surface area contributed by atoms with Gasteiger partial charge in [-0.1, -0.05) is 13.8 Å². The van der Waals surface area contributed by atoms with E-state index >= 15 is 0 Å². The maximum atomic E-state index is 9.45. The van der Waals surface area contributed by atoms with Crippen LogP contribution in [-0.4, -0.2) is 24.9 Å². The molecule has 2 unspecified atom stereocenters. The van der Waals surface area contributed by atoms with Crippen LogP contribution in [0.25, 0.3) is 0 Å². The zero-order valence-corrected chi connectivity index (χ0v) is 14.9. The van der Waals surface area contributed by atoms with Gasteiger partial charge in [0.15, 0.2) is 0 Å². The number of aliphatic hydroxyl groups excluding tert-OH is 1. The normalized spacial score (nSPS) is 14.0. The Hall–Kier alpha value is -1.06. The summed E-state index contributed by atoms with van der Waals surface area (Å²) in [5, 5.41) is 9.45. The Morgan fingerprint density at radius 1 is 1.18 bits per heavy atom. The molecule has 0 saturated heterocycles. The van der Waals surface area contributed by atoms with Crippen LogP contribution in [0.1, 0.15) is 61.3 Å². The molecule has 1 rings (SSSR count). The van der Waals surface area contributed by atoms with Gasteiger partial charge in [-0.3, -0.25) is 0 Å². The third-order valence-electron chi connectivity index (χ3n) is 4.68. The van der Waals surface area contributed by atoms with Gasteiger partial charge in [0.05, 0.1) is 6.61 Å². The van der Waals surface area contributed by atoms with Gasteiger partial charge in [-0.05, 0) is 86.7 Å². The minimum Gasteiger partial charge on any atom is -0.493 e. The molecule has 0 spiro atoms. The highest BCUT2D eigenvalue weighted by Gasteiger charge is 2.21. The van der Waals surface area contributed by atoms with Crippen LogP contribution >= 0.6 is 0 Å². The summed E-state index contributed by atoms with van der Waals surface area (Å²) in [7, 11) is 0. The zero-order chi connectivity index (χ0) is 16.7. The van der Waals surface area contributed by atoms with Crippen molar-refractivity contribution in [3.63, 3.8) is 0 Å². The van der Waals surface area contributed by atoms with Crippen LogP contribution in [0.5, 0.6) is 5.75 Å². The monoisotopic (exact) mass is 307 g/mol. The molecule has 1 aromatic rings. The first-order valence-electron chi connectivity index (χ1n) is 8.54. The average molecular weight is 307 g/mol. The van der Waals surface area contributed by atoms with Crippen LogP contribution < -0.4 is 10.5 Å². The second kappa shape index (κ2) is 9.16. The summed E-state index contributed by atoms with van der Waals surface area (Å²) in [4.78, 5) is 0. The zero-order valence-electron chi connectivity index (χ0n) is 14.9. The van der Waals surface area contributed by atoms with Crippen molar-refractivity contribution >= 4 is 0 Å². The Labute approximate surface area is 135 Å². The predicted octanol–water partition coefficient (Wildman–Crippen LogP) is 3.85. The van der Waals surface area contributed by atoms with Gasteiger partial charge in [-0.15, -0.1) is 0 Å². The number of hydrogen-bond acceptors (Lipinski definition) is 3. The number of aliphatic hydroxyl groups is 1. The molecule has 0 aliphatic heterocycles.